The average molecular weight is 291 g/mol. The zero-order chi connectivity index (χ0) is 15.0. The predicted octanol–water partition coefficient (Wildman–Crippen LogP) is 1.93. The molecule has 0 saturated carbocycles. The first kappa shape index (κ1) is 16.5. The highest BCUT2D eigenvalue weighted by Gasteiger charge is 2.30. The van der Waals surface area contributed by atoms with E-state index in [4.69, 9.17) is 4.74 Å². The first-order chi connectivity index (χ1) is 9.40. The number of hydrogen-bond donors (Lipinski definition) is 1. The van der Waals surface area contributed by atoms with Gasteiger partial charge in [0.25, 0.3) is 0 Å². The van der Waals surface area contributed by atoms with Crippen LogP contribution in [0, 0.1) is 0 Å². The molecule has 0 aliphatic rings. The van der Waals surface area contributed by atoms with Crippen LogP contribution in [0.4, 0.5) is 13.2 Å². The van der Waals surface area contributed by atoms with E-state index >= 15 is 0 Å². The van der Waals surface area contributed by atoms with Gasteiger partial charge in [-0.1, -0.05) is 12.1 Å². The van der Waals surface area contributed by atoms with Crippen molar-refractivity contribution in [3.8, 4) is 5.75 Å². The second-order valence-electron chi connectivity index (χ2n) is 4.08. The number of ketones is 1. The number of methoxy groups -OCH3 is 1. The van der Waals surface area contributed by atoms with Gasteiger partial charge in [0.1, 0.15) is 5.75 Å². The van der Waals surface area contributed by atoms with Gasteiger partial charge in [-0.3, -0.25) is 4.79 Å². The molecule has 0 aromatic heterocycles. The lowest BCUT2D eigenvalue weighted by Crippen LogP contribution is -2.27. The van der Waals surface area contributed by atoms with Gasteiger partial charge in [-0.2, -0.15) is 0 Å². The number of nitrogens with one attached hydrogen (secondary N) is 1. The Morgan fingerprint density at radius 1 is 1.25 bits per heavy atom. The zero-order valence-electron chi connectivity index (χ0n) is 11.0. The molecule has 20 heavy (non-hydrogen) atoms. The van der Waals surface area contributed by atoms with E-state index in [2.05, 4.69) is 10.1 Å². The highest BCUT2D eigenvalue weighted by atomic mass is 19.4. The van der Waals surface area contributed by atoms with E-state index in [-0.39, 0.29) is 24.5 Å². The first-order valence-corrected chi connectivity index (χ1v) is 5.97. The molecule has 1 aromatic carbocycles. The Morgan fingerprint density at radius 3 is 2.45 bits per heavy atom. The van der Waals surface area contributed by atoms with Crippen LogP contribution in [0.1, 0.15) is 5.56 Å². The molecule has 0 bridgehead atoms. The summed E-state index contributed by atoms with van der Waals surface area (Å²) >= 11 is 0. The van der Waals surface area contributed by atoms with Gasteiger partial charge in [0.2, 0.25) is 0 Å². The summed E-state index contributed by atoms with van der Waals surface area (Å²) in [5.74, 6) is -0.350. The molecule has 4 nitrogen and oxygen atoms in total. The minimum absolute atomic E-state index is 0.0504. The van der Waals surface area contributed by atoms with Gasteiger partial charge in [-0.25, -0.2) is 0 Å². The minimum Gasteiger partial charge on any atom is -0.406 e. The molecule has 0 atom stereocenters. The van der Waals surface area contributed by atoms with E-state index in [1.54, 1.807) is 7.11 Å². The summed E-state index contributed by atoms with van der Waals surface area (Å²) in [7, 11) is 1.56. The Balaban J connectivity index is 2.39. The Labute approximate surface area is 114 Å². The van der Waals surface area contributed by atoms with E-state index in [9.17, 15) is 18.0 Å². The van der Waals surface area contributed by atoms with Gasteiger partial charge in [-0.15, -0.1) is 13.2 Å². The van der Waals surface area contributed by atoms with Crippen molar-refractivity contribution in [3.63, 3.8) is 0 Å². The van der Waals surface area contributed by atoms with Crippen LogP contribution in [0.3, 0.4) is 0 Å². The molecule has 7 heteroatoms. The second kappa shape index (κ2) is 7.86. The van der Waals surface area contributed by atoms with Crippen LogP contribution in [0.25, 0.3) is 0 Å². The van der Waals surface area contributed by atoms with Crippen molar-refractivity contribution < 1.29 is 27.4 Å². The third-order valence-electron chi connectivity index (χ3n) is 2.36. The fraction of sp³-hybridized carbons (Fsp3) is 0.462. The third kappa shape index (κ3) is 7.10. The highest BCUT2D eigenvalue weighted by molar-refractivity contribution is 5.82. The summed E-state index contributed by atoms with van der Waals surface area (Å²) in [6.07, 6.45) is -4.55. The average Bonchev–Trinajstić information content (AvgIpc) is 2.35. The molecule has 0 amide bonds. The molecule has 1 aromatic rings. The first-order valence-electron chi connectivity index (χ1n) is 5.97. The quantitative estimate of drug-likeness (QED) is 0.744. The highest BCUT2D eigenvalue weighted by Crippen LogP contribution is 2.22. The number of carbonyl (C=O) groups is 1. The Bertz CT molecular complexity index is 418. The van der Waals surface area contributed by atoms with Gasteiger partial charge in [0, 0.05) is 20.1 Å². The van der Waals surface area contributed by atoms with Crippen LogP contribution in [0.5, 0.6) is 5.75 Å². The maximum absolute atomic E-state index is 12.0. The number of benzene rings is 1. The molecule has 0 fully saturated rings. The predicted molar refractivity (Wildman–Crippen MR) is 66.6 cm³/mol. The molecular formula is C13H16F3NO3. The van der Waals surface area contributed by atoms with E-state index in [0.29, 0.717) is 18.7 Å². The van der Waals surface area contributed by atoms with E-state index in [0.717, 1.165) is 0 Å². The number of carbonyl (C=O) groups excluding carboxylic acids is 1. The third-order valence-corrected chi connectivity index (χ3v) is 2.36. The fourth-order valence-electron chi connectivity index (χ4n) is 1.50. The van der Waals surface area contributed by atoms with Crippen molar-refractivity contribution in [1.29, 1.82) is 0 Å². The Morgan fingerprint density at radius 2 is 1.90 bits per heavy atom. The van der Waals surface area contributed by atoms with Crippen molar-refractivity contribution in [2.45, 2.75) is 12.8 Å². The second-order valence-corrected chi connectivity index (χ2v) is 4.08. The normalized spacial score (nSPS) is 11.4. The molecule has 0 aliphatic carbocycles. The Hall–Kier alpha value is -1.60. The summed E-state index contributed by atoms with van der Waals surface area (Å²) in [6, 6.07) is 5.26. The van der Waals surface area contributed by atoms with Gasteiger partial charge in [-0.05, 0) is 17.7 Å². The molecule has 0 unspecified atom stereocenters. The van der Waals surface area contributed by atoms with Crippen LogP contribution in [-0.2, 0) is 16.0 Å². The van der Waals surface area contributed by atoms with Gasteiger partial charge >= 0.3 is 6.36 Å². The maximum atomic E-state index is 12.0. The van der Waals surface area contributed by atoms with Crippen LogP contribution >= 0.6 is 0 Å². The van der Waals surface area contributed by atoms with Crippen molar-refractivity contribution in [2.24, 2.45) is 0 Å². The molecule has 112 valence electrons. The van der Waals surface area contributed by atoms with Gasteiger partial charge in [0.15, 0.2) is 5.78 Å². The van der Waals surface area contributed by atoms with Crippen LogP contribution in [0.2, 0.25) is 0 Å². The molecule has 1 N–H and O–H groups in total. The molecule has 0 aliphatic heterocycles. The monoisotopic (exact) mass is 291 g/mol. The van der Waals surface area contributed by atoms with Crippen molar-refractivity contribution in [3.05, 3.63) is 29.8 Å². The maximum Gasteiger partial charge on any atom is 0.573 e. The molecule has 0 radical (unpaired) electrons. The number of hydrogen-bond acceptors (Lipinski definition) is 4. The summed E-state index contributed by atoms with van der Waals surface area (Å²) < 4.78 is 44.4. The van der Waals surface area contributed by atoms with Gasteiger partial charge in [0.05, 0.1) is 13.2 Å². The number of alkyl halides is 3. The lowest BCUT2D eigenvalue weighted by molar-refractivity contribution is -0.274. The lowest BCUT2D eigenvalue weighted by Gasteiger charge is -2.09. The van der Waals surface area contributed by atoms with E-state index < -0.39 is 6.36 Å². The minimum atomic E-state index is -4.71. The largest absolute Gasteiger partial charge is 0.573 e. The SMILES string of the molecule is COCCNCC(=O)Cc1ccc(OC(F)(F)F)cc1. The topological polar surface area (TPSA) is 47.6 Å². The van der Waals surface area contributed by atoms with Crippen molar-refractivity contribution in [2.75, 3.05) is 26.8 Å². The number of rotatable bonds is 8. The Kier molecular flexibility index (Phi) is 6.47. The standard InChI is InChI=1S/C13H16F3NO3/c1-19-7-6-17-9-11(18)8-10-2-4-12(5-3-10)20-13(14,15)16/h2-5,17H,6-9H2,1H3. The van der Waals surface area contributed by atoms with Crippen LogP contribution in [-0.4, -0.2) is 39.0 Å². The number of ether oxygens (including phenoxy) is 2. The summed E-state index contributed by atoms with van der Waals surface area (Å²) in [6.45, 7) is 1.28. The lowest BCUT2D eigenvalue weighted by atomic mass is 10.1. The van der Waals surface area contributed by atoms with E-state index in [1.807, 2.05) is 0 Å². The summed E-state index contributed by atoms with van der Waals surface area (Å²) in [5, 5.41) is 2.90. The zero-order valence-corrected chi connectivity index (χ0v) is 11.0. The fourth-order valence-corrected chi connectivity index (χ4v) is 1.50. The molecule has 0 spiro atoms. The van der Waals surface area contributed by atoms with Gasteiger partial charge < -0.3 is 14.8 Å². The smallest absolute Gasteiger partial charge is 0.406 e. The van der Waals surface area contributed by atoms with Crippen molar-refractivity contribution in [1.82, 2.24) is 5.32 Å². The summed E-state index contributed by atoms with van der Waals surface area (Å²) in [5.41, 5.74) is 0.637. The van der Waals surface area contributed by atoms with E-state index in [1.165, 1.54) is 24.3 Å². The summed E-state index contributed by atoms with van der Waals surface area (Å²) in [4.78, 5) is 11.6. The van der Waals surface area contributed by atoms with Crippen LogP contribution in [0.15, 0.2) is 24.3 Å². The number of Topliss-reactive ketones (excluding diaryl/α,β-unsaturated/α-hetero) is 1. The number of halogens is 3. The molecular weight excluding hydrogens is 275 g/mol. The van der Waals surface area contributed by atoms with Crippen LogP contribution < -0.4 is 10.1 Å². The molecule has 1 rings (SSSR count). The van der Waals surface area contributed by atoms with Crippen molar-refractivity contribution >= 4 is 5.78 Å². The molecule has 0 saturated heterocycles. The molecule has 0 heterocycles.